The molecule has 1 amide bonds. The molecule has 178 valence electrons. The van der Waals surface area contributed by atoms with Gasteiger partial charge in [0.15, 0.2) is 10.9 Å². The van der Waals surface area contributed by atoms with Gasteiger partial charge >= 0.3 is 0 Å². The summed E-state index contributed by atoms with van der Waals surface area (Å²) in [5.74, 6) is -0.526. The number of carbonyl (C=O) groups excluding carboxylic acids is 2. The normalized spacial score (nSPS) is 15.3. The van der Waals surface area contributed by atoms with Gasteiger partial charge in [-0.25, -0.2) is 13.4 Å². The Balaban J connectivity index is 1.37. The Morgan fingerprint density at radius 1 is 1.06 bits per heavy atom. The maximum Gasteiger partial charge on any atom is 0.243 e. The third-order valence-electron chi connectivity index (χ3n) is 6.13. The van der Waals surface area contributed by atoms with Crippen LogP contribution in [0.2, 0.25) is 0 Å². The van der Waals surface area contributed by atoms with Gasteiger partial charge in [0.25, 0.3) is 0 Å². The van der Waals surface area contributed by atoms with E-state index in [1.165, 1.54) is 46.8 Å². The number of carbonyl (C=O) groups is 2. The number of anilines is 1. The number of aryl methyl sites for hydroxylation is 2. The highest BCUT2D eigenvalue weighted by molar-refractivity contribution is 7.89. The standard InChI is InChI=1S/C25H27N3O4S2/c1-16-4-5-17(2)22(14-16)23-15-33-25(26-23)27-24(30)20-10-12-28(13-11-20)34(31,32)21-8-6-19(7-9-21)18(3)29/h4-9,14-15,20H,10-13H2,1-3H3,(H,26,27,30). The first-order valence-corrected chi connectivity index (χ1v) is 13.4. The fourth-order valence-electron chi connectivity index (χ4n) is 4.04. The van der Waals surface area contributed by atoms with E-state index in [1.807, 2.05) is 19.2 Å². The van der Waals surface area contributed by atoms with E-state index in [-0.39, 0.29) is 35.6 Å². The van der Waals surface area contributed by atoms with Crippen LogP contribution < -0.4 is 5.32 Å². The number of piperidine rings is 1. The number of amides is 1. The summed E-state index contributed by atoms with van der Waals surface area (Å²) in [5, 5.41) is 5.38. The molecule has 2 aromatic carbocycles. The van der Waals surface area contributed by atoms with Crippen LogP contribution in [0, 0.1) is 19.8 Å². The highest BCUT2D eigenvalue weighted by Crippen LogP contribution is 2.30. The van der Waals surface area contributed by atoms with E-state index in [0.29, 0.717) is 23.5 Å². The van der Waals surface area contributed by atoms with Gasteiger partial charge in [-0.2, -0.15) is 4.31 Å². The monoisotopic (exact) mass is 497 g/mol. The number of thiazole rings is 1. The average Bonchev–Trinajstić information content (AvgIpc) is 3.29. The van der Waals surface area contributed by atoms with Crippen LogP contribution in [0.4, 0.5) is 5.13 Å². The number of aromatic nitrogens is 1. The lowest BCUT2D eigenvalue weighted by atomic mass is 9.97. The molecule has 4 rings (SSSR count). The first-order valence-electron chi connectivity index (χ1n) is 11.1. The van der Waals surface area contributed by atoms with Crippen LogP contribution in [0.5, 0.6) is 0 Å². The van der Waals surface area contributed by atoms with E-state index in [4.69, 9.17) is 0 Å². The SMILES string of the molecule is CC(=O)c1ccc(S(=O)(=O)N2CCC(C(=O)Nc3nc(-c4cc(C)ccc4C)cs3)CC2)cc1. The predicted molar refractivity (Wildman–Crippen MR) is 134 cm³/mol. The molecule has 34 heavy (non-hydrogen) atoms. The molecule has 1 N–H and O–H groups in total. The molecule has 0 unspecified atom stereocenters. The molecule has 2 heterocycles. The number of rotatable bonds is 6. The summed E-state index contributed by atoms with van der Waals surface area (Å²) in [4.78, 5) is 29.0. The minimum Gasteiger partial charge on any atom is -0.302 e. The summed E-state index contributed by atoms with van der Waals surface area (Å²) in [7, 11) is -3.67. The van der Waals surface area contributed by atoms with E-state index in [9.17, 15) is 18.0 Å². The summed E-state index contributed by atoms with van der Waals surface area (Å²) in [6.07, 6.45) is 0.873. The molecule has 0 atom stereocenters. The topological polar surface area (TPSA) is 96.4 Å². The van der Waals surface area contributed by atoms with Crippen LogP contribution in [-0.2, 0) is 14.8 Å². The van der Waals surface area contributed by atoms with Crippen molar-refractivity contribution in [2.45, 2.75) is 38.5 Å². The molecular weight excluding hydrogens is 470 g/mol. The largest absolute Gasteiger partial charge is 0.302 e. The number of benzene rings is 2. The van der Waals surface area contributed by atoms with Crippen LogP contribution >= 0.6 is 11.3 Å². The molecule has 1 fully saturated rings. The fraction of sp³-hybridized carbons (Fsp3) is 0.320. The lowest BCUT2D eigenvalue weighted by Crippen LogP contribution is -2.41. The van der Waals surface area contributed by atoms with E-state index < -0.39 is 10.0 Å². The van der Waals surface area contributed by atoms with Crippen molar-refractivity contribution in [2.75, 3.05) is 18.4 Å². The van der Waals surface area contributed by atoms with Crippen molar-refractivity contribution in [2.24, 2.45) is 5.92 Å². The lowest BCUT2D eigenvalue weighted by molar-refractivity contribution is -0.120. The number of nitrogens with one attached hydrogen (secondary N) is 1. The Hall–Kier alpha value is -2.88. The van der Waals surface area contributed by atoms with Gasteiger partial charge in [0.2, 0.25) is 15.9 Å². The summed E-state index contributed by atoms with van der Waals surface area (Å²) >= 11 is 1.38. The zero-order chi connectivity index (χ0) is 24.5. The zero-order valence-corrected chi connectivity index (χ0v) is 21.0. The van der Waals surface area contributed by atoms with Crippen LogP contribution in [-0.4, -0.2) is 42.5 Å². The number of sulfonamides is 1. The van der Waals surface area contributed by atoms with Gasteiger partial charge in [-0.05, 0) is 57.4 Å². The molecule has 9 heteroatoms. The molecule has 3 aromatic rings. The molecule has 0 bridgehead atoms. The molecule has 1 saturated heterocycles. The van der Waals surface area contributed by atoms with Crippen molar-refractivity contribution in [1.29, 1.82) is 0 Å². The summed E-state index contributed by atoms with van der Waals surface area (Å²) in [6, 6.07) is 12.2. The Kier molecular flexibility index (Phi) is 6.97. The summed E-state index contributed by atoms with van der Waals surface area (Å²) < 4.78 is 27.3. The summed E-state index contributed by atoms with van der Waals surface area (Å²) in [5.41, 5.74) is 4.62. The van der Waals surface area contributed by atoms with Gasteiger partial charge in [-0.15, -0.1) is 11.3 Å². The highest BCUT2D eigenvalue weighted by Gasteiger charge is 2.32. The van der Waals surface area contributed by atoms with Crippen LogP contribution in [0.1, 0.15) is 41.3 Å². The molecule has 1 aliphatic rings. The van der Waals surface area contributed by atoms with Crippen LogP contribution in [0.25, 0.3) is 11.3 Å². The third-order valence-corrected chi connectivity index (χ3v) is 8.80. The first kappa shape index (κ1) is 24.3. The van der Waals surface area contributed by atoms with Gasteiger partial charge in [0.05, 0.1) is 10.6 Å². The average molecular weight is 498 g/mol. The van der Waals surface area contributed by atoms with E-state index in [0.717, 1.165) is 22.4 Å². The molecule has 7 nitrogen and oxygen atoms in total. The first-order chi connectivity index (χ1) is 16.1. The number of Topliss-reactive ketones (excluding diaryl/α,β-unsaturated/α-hetero) is 1. The maximum absolute atomic E-state index is 13.0. The second kappa shape index (κ2) is 9.77. The lowest BCUT2D eigenvalue weighted by Gasteiger charge is -2.30. The Morgan fingerprint density at radius 2 is 1.74 bits per heavy atom. The van der Waals surface area contributed by atoms with Crippen molar-refractivity contribution in [3.63, 3.8) is 0 Å². The van der Waals surface area contributed by atoms with Gasteiger partial charge < -0.3 is 5.32 Å². The van der Waals surface area contributed by atoms with Crippen molar-refractivity contribution in [1.82, 2.24) is 9.29 Å². The Morgan fingerprint density at radius 3 is 2.38 bits per heavy atom. The zero-order valence-electron chi connectivity index (χ0n) is 19.4. The van der Waals surface area contributed by atoms with Gasteiger partial charge in [-0.3, -0.25) is 9.59 Å². The second-order valence-corrected chi connectivity index (χ2v) is 11.4. The van der Waals surface area contributed by atoms with Gasteiger partial charge in [0, 0.05) is 35.5 Å². The van der Waals surface area contributed by atoms with Crippen molar-refractivity contribution < 1.29 is 18.0 Å². The maximum atomic E-state index is 13.0. The second-order valence-electron chi connectivity index (χ2n) is 8.60. The molecule has 0 spiro atoms. The quantitative estimate of drug-likeness (QED) is 0.499. The minimum absolute atomic E-state index is 0.114. The molecule has 0 aliphatic carbocycles. The molecule has 1 aliphatic heterocycles. The van der Waals surface area contributed by atoms with E-state index >= 15 is 0 Å². The van der Waals surface area contributed by atoms with Crippen molar-refractivity contribution in [3.05, 3.63) is 64.5 Å². The fourth-order valence-corrected chi connectivity index (χ4v) is 6.23. The third kappa shape index (κ3) is 5.11. The van der Waals surface area contributed by atoms with Crippen LogP contribution in [0.3, 0.4) is 0 Å². The van der Waals surface area contributed by atoms with Gasteiger partial charge in [-0.1, -0.05) is 29.8 Å². The molecule has 0 saturated carbocycles. The minimum atomic E-state index is -3.67. The molecule has 1 aromatic heterocycles. The number of hydrogen-bond acceptors (Lipinski definition) is 6. The Bertz CT molecular complexity index is 1320. The number of ketones is 1. The van der Waals surface area contributed by atoms with E-state index in [1.54, 1.807) is 0 Å². The van der Waals surface area contributed by atoms with Crippen LogP contribution in [0.15, 0.2) is 52.7 Å². The summed E-state index contributed by atoms with van der Waals surface area (Å²) in [6.45, 7) is 6.04. The number of nitrogens with zero attached hydrogens (tertiary/aromatic N) is 2. The van der Waals surface area contributed by atoms with Crippen molar-refractivity contribution in [3.8, 4) is 11.3 Å². The highest BCUT2D eigenvalue weighted by atomic mass is 32.2. The number of hydrogen-bond donors (Lipinski definition) is 1. The molecule has 0 radical (unpaired) electrons. The van der Waals surface area contributed by atoms with Gasteiger partial charge in [0.1, 0.15) is 0 Å². The Labute approximate surface area is 203 Å². The van der Waals surface area contributed by atoms with E-state index in [2.05, 4.69) is 28.5 Å². The molecular formula is C25H27N3O4S2. The predicted octanol–water partition coefficient (Wildman–Crippen LogP) is 4.67. The smallest absolute Gasteiger partial charge is 0.243 e. The van der Waals surface area contributed by atoms with Crippen molar-refractivity contribution >= 4 is 38.2 Å².